The van der Waals surface area contributed by atoms with Gasteiger partial charge >= 0.3 is 0 Å². The molecular formula is C16H25Br2NO. The molecule has 1 rings (SSSR count). The number of phenolic OH excluding ortho intramolecular Hbond substituents is 1. The van der Waals surface area contributed by atoms with Gasteiger partial charge in [0, 0.05) is 6.54 Å². The van der Waals surface area contributed by atoms with Crippen LogP contribution in [0, 0.1) is 5.92 Å². The van der Waals surface area contributed by atoms with E-state index in [-0.39, 0.29) is 5.75 Å². The lowest BCUT2D eigenvalue weighted by atomic mass is 10.0. The first kappa shape index (κ1) is 18.0. The lowest BCUT2D eigenvalue weighted by molar-refractivity contribution is 0.468. The van der Waals surface area contributed by atoms with Crippen molar-refractivity contribution >= 4 is 31.9 Å². The van der Waals surface area contributed by atoms with Crippen LogP contribution in [0.2, 0.25) is 0 Å². The lowest BCUT2D eigenvalue weighted by Crippen LogP contribution is -2.14. The molecular weight excluding hydrogens is 382 g/mol. The molecule has 0 aliphatic carbocycles. The number of benzene rings is 1. The van der Waals surface area contributed by atoms with Crippen molar-refractivity contribution < 1.29 is 5.11 Å². The van der Waals surface area contributed by atoms with E-state index in [9.17, 15) is 5.11 Å². The van der Waals surface area contributed by atoms with Crippen molar-refractivity contribution in [1.82, 2.24) is 5.32 Å². The summed E-state index contributed by atoms with van der Waals surface area (Å²) >= 11 is 6.70. The van der Waals surface area contributed by atoms with E-state index >= 15 is 0 Å². The third-order valence-electron chi connectivity index (χ3n) is 3.29. The molecule has 20 heavy (non-hydrogen) atoms. The molecule has 0 saturated heterocycles. The number of nitrogens with one attached hydrogen (secondary N) is 1. The number of aromatic hydroxyl groups is 1. The van der Waals surface area contributed by atoms with Crippen LogP contribution < -0.4 is 5.32 Å². The molecule has 4 heteroatoms. The van der Waals surface area contributed by atoms with E-state index in [2.05, 4.69) is 51.0 Å². The molecule has 0 spiro atoms. The largest absolute Gasteiger partial charge is 0.506 e. The fourth-order valence-electron chi connectivity index (χ4n) is 2.11. The van der Waals surface area contributed by atoms with E-state index in [1.54, 1.807) is 0 Å². The predicted molar refractivity (Wildman–Crippen MR) is 93.1 cm³/mol. The Labute approximate surface area is 139 Å². The highest BCUT2D eigenvalue weighted by atomic mass is 79.9. The van der Waals surface area contributed by atoms with Gasteiger partial charge in [0.15, 0.2) is 0 Å². The highest BCUT2D eigenvalue weighted by molar-refractivity contribution is 9.11. The Morgan fingerprint density at radius 2 is 1.65 bits per heavy atom. The van der Waals surface area contributed by atoms with Crippen molar-refractivity contribution in [3.63, 3.8) is 0 Å². The molecule has 0 bridgehead atoms. The minimum absolute atomic E-state index is 0.263. The second kappa shape index (κ2) is 9.80. The van der Waals surface area contributed by atoms with Crippen LogP contribution in [0.1, 0.15) is 51.5 Å². The Hall–Kier alpha value is -0.0600. The summed E-state index contributed by atoms with van der Waals surface area (Å²) in [5, 5.41) is 13.1. The van der Waals surface area contributed by atoms with Gasteiger partial charge in [0.05, 0.1) is 8.95 Å². The fourth-order valence-corrected chi connectivity index (χ4v) is 3.39. The van der Waals surface area contributed by atoms with Crippen molar-refractivity contribution in [3.05, 3.63) is 26.6 Å². The molecule has 0 aliphatic heterocycles. The number of hydrogen-bond donors (Lipinski definition) is 2. The highest BCUT2D eigenvalue weighted by Gasteiger charge is 2.05. The molecule has 0 saturated carbocycles. The summed E-state index contributed by atoms with van der Waals surface area (Å²) in [4.78, 5) is 0. The Bertz CT molecular complexity index is 384. The number of rotatable bonds is 9. The van der Waals surface area contributed by atoms with Gasteiger partial charge in [-0.25, -0.2) is 0 Å². The molecule has 0 heterocycles. The van der Waals surface area contributed by atoms with Crippen LogP contribution in [0.15, 0.2) is 21.1 Å². The molecule has 0 aromatic heterocycles. The van der Waals surface area contributed by atoms with Gasteiger partial charge in [0.2, 0.25) is 0 Å². The Morgan fingerprint density at radius 3 is 2.25 bits per heavy atom. The molecule has 0 aliphatic rings. The molecule has 0 unspecified atom stereocenters. The van der Waals surface area contributed by atoms with Gasteiger partial charge < -0.3 is 10.4 Å². The van der Waals surface area contributed by atoms with Crippen LogP contribution in [0.3, 0.4) is 0 Å². The van der Waals surface area contributed by atoms with Crippen molar-refractivity contribution in [3.8, 4) is 5.75 Å². The molecule has 1 aromatic carbocycles. The topological polar surface area (TPSA) is 32.3 Å². The summed E-state index contributed by atoms with van der Waals surface area (Å²) in [5.74, 6) is 1.10. The third-order valence-corrected chi connectivity index (χ3v) is 4.50. The monoisotopic (exact) mass is 405 g/mol. The minimum atomic E-state index is 0.263. The van der Waals surface area contributed by atoms with Gasteiger partial charge in [0.1, 0.15) is 5.75 Å². The third kappa shape index (κ3) is 7.09. The average Bonchev–Trinajstić information content (AvgIpc) is 2.38. The van der Waals surface area contributed by atoms with Crippen molar-refractivity contribution in [1.29, 1.82) is 0 Å². The SMILES string of the molecule is CC(C)CCCCCCNCc1cc(Br)c(O)c(Br)c1. The van der Waals surface area contributed by atoms with E-state index in [1.807, 2.05) is 12.1 Å². The van der Waals surface area contributed by atoms with Gasteiger partial charge in [-0.3, -0.25) is 0 Å². The van der Waals surface area contributed by atoms with Crippen LogP contribution >= 0.6 is 31.9 Å². The van der Waals surface area contributed by atoms with E-state index in [0.29, 0.717) is 0 Å². The first-order chi connectivity index (χ1) is 9.50. The first-order valence-electron chi connectivity index (χ1n) is 7.38. The Balaban J connectivity index is 2.13. The average molecular weight is 407 g/mol. The number of hydrogen-bond acceptors (Lipinski definition) is 2. The van der Waals surface area contributed by atoms with Crippen LogP contribution in [0.4, 0.5) is 0 Å². The predicted octanol–water partition coefficient (Wildman–Crippen LogP) is 5.61. The molecule has 0 atom stereocenters. The normalized spacial score (nSPS) is 11.2. The second-order valence-electron chi connectivity index (χ2n) is 5.68. The lowest BCUT2D eigenvalue weighted by Gasteiger charge is -2.08. The van der Waals surface area contributed by atoms with E-state index in [4.69, 9.17) is 0 Å². The van der Waals surface area contributed by atoms with Crippen LogP contribution in [-0.4, -0.2) is 11.7 Å². The summed E-state index contributed by atoms with van der Waals surface area (Å²) in [7, 11) is 0. The van der Waals surface area contributed by atoms with Crippen molar-refractivity contribution in [2.45, 2.75) is 52.5 Å². The number of halogens is 2. The maximum absolute atomic E-state index is 9.65. The van der Waals surface area contributed by atoms with Gasteiger partial charge in [-0.05, 0) is 68.4 Å². The molecule has 0 radical (unpaired) electrons. The summed E-state index contributed by atoms with van der Waals surface area (Å²) in [6, 6.07) is 3.91. The zero-order valence-electron chi connectivity index (χ0n) is 12.4. The van der Waals surface area contributed by atoms with Gasteiger partial charge in [-0.15, -0.1) is 0 Å². The van der Waals surface area contributed by atoms with Crippen LogP contribution in [-0.2, 0) is 6.54 Å². The van der Waals surface area contributed by atoms with E-state index < -0.39 is 0 Å². The van der Waals surface area contributed by atoms with Crippen molar-refractivity contribution in [2.75, 3.05) is 6.54 Å². The molecule has 0 fully saturated rings. The van der Waals surface area contributed by atoms with Crippen LogP contribution in [0.5, 0.6) is 5.75 Å². The molecule has 1 aromatic rings. The first-order valence-corrected chi connectivity index (χ1v) is 8.97. The second-order valence-corrected chi connectivity index (χ2v) is 7.39. The summed E-state index contributed by atoms with van der Waals surface area (Å²) in [6.45, 7) is 6.46. The molecule has 114 valence electrons. The quantitative estimate of drug-likeness (QED) is 0.522. The van der Waals surface area contributed by atoms with Gasteiger partial charge in [0.25, 0.3) is 0 Å². The summed E-state index contributed by atoms with van der Waals surface area (Å²) in [5.41, 5.74) is 1.17. The minimum Gasteiger partial charge on any atom is -0.506 e. The Kier molecular flexibility index (Phi) is 8.82. The smallest absolute Gasteiger partial charge is 0.143 e. The Morgan fingerprint density at radius 1 is 1.05 bits per heavy atom. The summed E-state index contributed by atoms with van der Waals surface area (Å²) in [6.07, 6.45) is 6.59. The highest BCUT2D eigenvalue weighted by Crippen LogP contribution is 2.33. The maximum atomic E-state index is 9.65. The summed E-state index contributed by atoms with van der Waals surface area (Å²) < 4.78 is 1.47. The van der Waals surface area contributed by atoms with Gasteiger partial charge in [-0.1, -0.05) is 39.5 Å². The van der Waals surface area contributed by atoms with E-state index in [0.717, 1.165) is 28.0 Å². The maximum Gasteiger partial charge on any atom is 0.143 e. The number of unbranched alkanes of at least 4 members (excludes halogenated alkanes) is 3. The standard InChI is InChI=1S/C16H25Br2NO/c1-12(2)7-5-3-4-6-8-19-11-13-9-14(17)16(20)15(18)10-13/h9-10,12,19-20H,3-8,11H2,1-2H3. The van der Waals surface area contributed by atoms with Crippen molar-refractivity contribution in [2.24, 2.45) is 5.92 Å². The zero-order valence-corrected chi connectivity index (χ0v) is 15.6. The van der Waals surface area contributed by atoms with Crippen LogP contribution in [0.25, 0.3) is 0 Å². The fraction of sp³-hybridized carbons (Fsp3) is 0.625. The molecule has 0 amide bonds. The zero-order chi connectivity index (χ0) is 15.0. The van der Waals surface area contributed by atoms with E-state index in [1.165, 1.54) is 37.7 Å². The number of phenols is 1. The van der Waals surface area contributed by atoms with Gasteiger partial charge in [-0.2, -0.15) is 0 Å². The molecule has 2 N–H and O–H groups in total. The molecule has 2 nitrogen and oxygen atoms in total.